The highest BCUT2D eigenvalue weighted by atomic mass is 16.3. The average Bonchev–Trinajstić information content (AvgIpc) is 3.79. The predicted molar refractivity (Wildman–Crippen MR) is 197 cm³/mol. The fraction of sp³-hybridized carbons (Fsp3) is 0.114. The van der Waals surface area contributed by atoms with Gasteiger partial charge >= 0.3 is 0 Å². The second kappa shape index (κ2) is 10.2. The molecule has 1 atom stereocenters. The average molecular weight is 618 g/mol. The van der Waals surface area contributed by atoms with Crippen molar-refractivity contribution in [3.8, 4) is 28.6 Å². The van der Waals surface area contributed by atoms with Crippen molar-refractivity contribution >= 4 is 55.9 Å². The smallest absolute Gasteiger partial charge is 0.145 e. The number of nitrogens with zero attached hydrogens (tertiary/aromatic N) is 3. The van der Waals surface area contributed by atoms with E-state index in [2.05, 4.69) is 131 Å². The number of fused-ring (bicyclic) bond motifs is 10. The summed E-state index contributed by atoms with van der Waals surface area (Å²) in [5.41, 5.74) is 14.0. The molecule has 48 heavy (non-hydrogen) atoms. The molecule has 228 valence electrons. The molecule has 1 unspecified atom stereocenters. The monoisotopic (exact) mass is 617 g/mol. The van der Waals surface area contributed by atoms with Crippen molar-refractivity contribution < 1.29 is 4.42 Å². The molecule has 2 aliphatic rings. The van der Waals surface area contributed by atoms with Gasteiger partial charge in [0.15, 0.2) is 0 Å². The summed E-state index contributed by atoms with van der Waals surface area (Å²) < 4.78 is 11.3. The number of hydrogen-bond donors (Lipinski definition) is 0. The number of furan rings is 1. The molecule has 0 N–H and O–H groups in total. The number of rotatable bonds is 3. The first-order chi connectivity index (χ1) is 23.7. The Morgan fingerprint density at radius 1 is 0.750 bits per heavy atom. The van der Waals surface area contributed by atoms with Gasteiger partial charge in [-0.25, -0.2) is 0 Å². The Morgan fingerprint density at radius 2 is 1.58 bits per heavy atom. The summed E-state index contributed by atoms with van der Waals surface area (Å²) in [7, 11) is 0. The molecule has 8 aromatic rings. The zero-order valence-electron chi connectivity index (χ0n) is 26.6. The fourth-order valence-electron chi connectivity index (χ4n) is 8.30. The lowest BCUT2D eigenvalue weighted by Gasteiger charge is -2.20. The van der Waals surface area contributed by atoms with Gasteiger partial charge in [-0.15, -0.1) is 0 Å². The van der Waals surface area contributed by atoms with Crippen molar-refractivity contribution in [3.63, 3.8) is 0 Å². The van der Waals surface area contributed by atoms with Crippen LogP contribution in [0.25, 0.3) is 78.4 Å². The topological polar surface area (TPSA) is 46.8 Å². The minimum Gasteiger partial charge on any atom is -0.455 e. The molecular weight excluding hydrogens is 587 g/mol. The molecule has 3 aromatic heterocycles. The molecular formula is C44H31N3O. The fourth-order valence-corrected chi connectivity index (χ4v) is 8.30. The van der Waals surface area contributed by atoms with Crippen LogP contribution in [0.15, 0.2) is 120 Å². The Bertz CT molecular complexity index is 2740. The second-order valence-corrected chi connectivity index (χ2v) is 13.2. The summed E-state index contributed by atoms with van der Waals surface area (Å²) in [4.78, 5) is 0. The van der Waals surface area contributed by atoms with E-state index in [-0.39, 0.29) is 0 Å². The normalized spacial score (nSPS) is 15.4. The van der Waals surface area contributed by atoms with Crippen molar-refractivity contribution in [1.82, 2.24) is 9.13 Å². The summed E-state index contributed by atoms with van der Waals surface area (Å²) in [6.07, 6.45) is 12.1. The molecule has 0 aliphatic heterocycles. The van der Waals surface area contributed by atoms with Crippen LogP contribution in [-0.4, -0.2) is 9.13 Å². The van der Waals surface area contributed by atoms with Crippen LogP contribution in [0.5, 0.6) is 0 Å². The van der Waals surface area contributed by atoms with Crippen LogP contribution in [0.1, 0.15) is 41.4 Å². The highest BCUT2D eigenvalue weighted by molar-refractivity contribution is 6.16. The SMILES string of the molecule is CC1C=Cc2c(c3ccccc3n2-c2c(C#N)cccc2-c2cccc(-n3c4c(c5c6oc7ccccc7c6ccc53)CCC=C4)c2)C1. The number of nitriles is 1. The summed E-state index contributed by atoms with van der Waals surface area (Å²) in [5, 5.41) is 15.3. The number of aromatic nitrogens is 2. The molecule has 0 saturated carbocycles. The number of allylic oxidation sites excluding steroid dienone is 2. The van der Waals surface area contributed by atoms with Crippen LogP contribution < -0.4 is 0 Å². The van der Waals surface area contributed by atoms with Gasteiger partial charge in [-0.1, -0.05) is 79.7 Å². The van der Waals surface area contributed by atoms with Gasteiger partial charge in [0.05, 0.1) is 22.3 Å². The molecule has 0 fully saturated rings. The Labute approximate surface area is 278 Å². The van der Waals surface area contributed by atoms with Crippen LogP contribution in [0.2, 0.25) is 0 Å². The molecule has 2 aliphatic carbocycles. The number of benzene rings is 5. The van der Waals surface area contributed by atoms with E-state index < -0.39 is 0 Å². The maximum absolute atomic E-state index is 10.5. The Morgan fingerprint density at radius 3 is 2.50 bits per heavy atom. The first-order valence-electron chi connectivity index (χ1n) is 16.8. The molecule has 3 heterocycles. The van der Waals surface area contributed by atoms with Gasteiger partial charge in [0, 0.05) is 44.2 Å². The van der Waals surface area contributed by atoms with Crippen LogP contribution in [-0.2, 0) is 12.8 Å². The van der Waals surface area contributed by atoms with Crippen LogP contribution in [0.3, 0.4) is 0 Å². The van der Waals surface area contributed by atoms with Gasteiger partial charge in [0.1, 0.15) is 17.2 Å². The van der Waals surface area contributed by atoms with Crippen molar-refractivity contribution in [2.75, 3.05) is 0 Å². The highest BCUT2D eigenvalue weighted by Crippen LogP contribution is 2.43. The van der Waals surface area contributed by atoms with Gasteiger partial charge in [0.2, 0.25) is 0 Å². The van der Waals surface area contributed by atoms with E-state index in [1.54, 1.807) is 0 Å². The van der Waals surface area contributed by atoms with Gasteiger partial charge < -0.3 is 13.6 Å². The number of hydrogen-bond acceptors (Lipinski definition) is 2. The van der Waals surface area contributed by atoms with E-state index in [1.807, 2.05) is 18.2 Å². The third-order valence-corrected chi connectivity index (χ3v) is 10.4. The third kappa shape index (κ3) is 3.76. The van der Waals surface area contributed by atoms with Crippen LogP contribution in [0.4, 0.5) is 0 Å². The molecule has 0 bridgehead atoms. The Hall–Kier alpha value is -6.05. The van der Waals surface area contributed by atoms with Crippen LogP contribution in [0, 0.1) is 17.2 Å². The lowest BCUT2D eigenvalue weighted by atomic mass is 9.93. The molecule has 0 spiro atoms. The minimum atomic E-state index is 0.469. The summed E-state index contributed by atoms with van der Waals surface area (Å²) >= 11 is 0. The zero-order valence-corrected chi connectivity index (χ0v) is 26.6. The quantitative estimate of drug-likeness (QED) is 0.198. The van der Waals surface area contributed by atoms with Crippen molar-refractivity contribution in [2.45, 2.75) is 26.2 Å². The molecule has 0 saturated heterocycles. The number of aryl methyl sites for hydroxylation is 1. The zero-order chi connectivity index (χ0) is 31.9. The predicted octanol–water partition coefficient (Wildman–Crippen LogP) is 11.2. The van der Waals surface area contributed by atoms with Crippen molar-refractivity contribution in [1.29, 1.82) is 5.26 Å². The van der Waals surface area contributed by atoms with E-state index in [9.17, 15) is 5.26 Å². The summed E-state index contributed by atoms with van der Waals surface area (Å²) in [6, 6.07) is 38.8. The lowest BCUT2D eigenvalue weighted by Crippen LogP contribution is -2.07. The molecule has 10 rings (SSSR count). The lowest BCUT2D eigenvalue weighted by molar-refractivity contribution is 0.672. The molecule has 5 aromatic carbocycles. The Kier molecular flexibility index (Phi) is 5.77. The Balaban J connectivity index is 1.23. The molecule has 4 nitrogen and oxygen atoms in total. The summed E-state index contributed by atoms with van der Waals surface area (Å²) in [5.74, 6) is 0.469. The van der Waals surface area contributed by atoms with Gasteiger partial charge in [0.25, 0.3) is 0 Å². The highest BCUT2D eigenvalue weighted by Gasteiger charge is 2.26. The van der Waals surface area contributed by atoms with E-state index in [4.69, 9.17) is 4.42 Å². The maximum atomic E-state index is 10.5. The van der Waals surface area contributed by atoms with Crippen LogP contribution >= 0.6 is 0 Å². The van der Waals surface area contributed by atoms with E-state index in [0.29, 0.717) is 11.5 Å². The van der Waals surface area contributed by atoms with Gasteiger partial charge in [-0.05, 0) is 96.5 Å². The summed E-state index contributed by atoms with van der Waals surface area (Å²) in [6.45, 7) is 2.27. The second-order valence-electron chi connectivity index (χ2n) is 13.2. The number of para-hydroxylation sites is 3. The van der Waals surface area contributed by atoms with Crippen molar-refractivity contribution in [2.24, 2.45) is 5.92 Å². The largest absolute Gasteiger partial charge is 0.455 e. The molecule has 4 heteroatoms. The first-order valence-corrected chi connectivity index (χ1v) is 16.8. The van der Waals surface area contributed by atoms with E-state index in [1.165, 1.54) is 33.3 Å². The molecule has 0 amide bonds. The first kappa shape index (κ1) is 27.1. The van der Waals surface area contributed by atoms with Crippen molar-refractivity contribution in [3.05, 3.63) is 143 Å². The standard InChI is InChI=1S/C44H31N3O/c1-27-20-22-39-36(24-27)32-13-2-5-17-37(32)47(39)43-29(26-45)11-9-16-31(43)28-10-8-12-30(25-28)46-38-18-6-3-15-35(38)42-40(46)23-21-34-33-14-4-7-19-41(33)48-44(34)42/h2,4-14,16-23,25,27H,3,15,24H2,1H3. The van der Waals surface area contributed by atoms with E-state index >= 15 is 0 Å². The minimum absolute atomic E-state index is 0.469. The molecule has 0 radical (unpaired) electrons. The van der Waals surface area contributed by atoms with E-state index in [0.717, 1.165) is 74.7 Å². The van der Waals surface area contributed by atoms with Gasteiger partial charge in [-0.2, -0.15) is 5.26 Å². The maximum Gasteiger partial charge on any atom is 0.145 e. The third-order valence-electron chi connectivity index (χ3n) is 10.4. The van der Waals surface area contributed by atoms with Gasteiger partial charge in [-0.3, -0.25) is 0 Å².